The minimum Gasteiger partial charge on any atom is -0.463 e. The minimum atomic E-state index is -1.10. The molecule has 27 heavy (non-hydrogen) atoms. The van der Waals surface area contributed by atoms with Crippen LogP contribution in [0.2, 0.25) is 0 Å². The lowest BCUT2D eigenvalue weighted by Crippen LogP contribution is -2.41. The number of nitrogens with one attached hydrogen (secondary N) is 1. The molecule has 1 heterocycles. The molecule has 0 aromatic heterocycles. The Bertz CT molecular complexity index is 556. The molecule has 0 spiro atoms. The van der Waals surface area contributed by atoms with Crippen molar-refractivity contribution < 1.29 is 33.5 Å². The van der Waals surface area contributed by atoms with Crippen LogP contribution >= 0.6 is 0 Å². The van der Waals surface area contributed by atoms with E-state index in [2.05, 4.69) is 5.32 Å². The van der Waals surface area contributed by atoms with Gasteiger partial charge in [-0.2, -0.15) is 0 Å². The highest BCUT2D eigenvalue weighted by Gasteiger charge is 2.43. The predicted molar refractivity (Wildman–Crippen MR) is 95.1 cm³/mol. The third-order valence-corrected chi connectivity index (χ3v) is 4.13. The van der Waals surface area contributed by atoms with Crippen molar-refractivity contribution in [1.82, 2.24) is 10.4 Å². The third-order valence-electron chi connectivity index (χ3n) is 4.13. The Labute approximate surface area is 159 Å². The molecule has 0 saturated carbocycles. The molecule has 0 aromatic rings. The van der Waals surface area contributed by atoms with Crippen LogP contribution in [0.3, 0.4) is 0 Å². The smallest absolute Gasteiger partial charge is 0.338 e. The van der Waals surface area contributed by atoms with Crippen molar-refractivity contribution in [2.45, 2.75) is 47.0 Å². The number of nitrogens with zero attached hydrogens (tertiary/aromatic N) is 1. The van der Waals surface area contributed by atoms with Crippen LogP contribution in [0, 0.1) is 10.8 Å². The molecule has 0 unspecified atom stereocenters. The lowest BCUT2D eigenvalue weighted by molar-refractivity contribution is -0.205. The van der Waals surface area contributed by atoms with Gasteiger partial charge < -0.3 is 19.6 Å². The standard InChI is InChI=1S/C18H30N2O7/c1-17(2,15(23)26-11-10-25-9-8-19-5)12-18(3,4)16(24)27-20-13(21)6-7-14(20)22/h19H,6-12H2,1-5H3. The lowest BCUT2D eigenvalue weighted by Gasteiger charge is -2.32. The Hall–Kier alpha value is -2.00. The molecule has 0 aliphatic carbocycles. The number of carbonyl (C=O) groups is 4. The van der Waals surface area contributed by atoms with Gasteiger partial charge in [-0.15, -0.1) is 5.06 Å². The van der Waals surface area contributed by atoms with E-state index in [1.165, 1.54) is 0 Å². The summed E-state index contributed by atoms with van der Waals surface area (Å²) in [6.07, 6.45) is 0.177. The van der Waals surface area contributed by atoms with Crippen LogP contribution in [-0.4, -0.2) is 62.2 Å². The summed E-state index contributed by atoms with van der Waals surface area (Å²) in [5.41, 5.74) is -2.07. The van der Waals surface area contributed by atoms with Gasteiger partial charge in [-0.05, 0) is 41.2 Å². The van der Waals surface area contributed by atoms with E-state index < -0.39 is 34.6 Å². The largest absolute Gasteiger partial charge is 0.463 e. The van der Waals surface area contributed by atoms with E-state index in [9.17, 15) is 19.2 Å². The summed E-state index contributed by atoms with van der Waals surface area (Å²) < 4.78 is 10.5. The molecule has 9 nitrogen and oxygen atoms in total. The van der Waals surface area contributed by atoms with Gasteiger partial charge in [0, 0.05) is 19.4 Å². The van der Waals surface area contributed by atoms with Crippen molar-refractivity contribution >= 4 is 23.8 Å². The monoisotopic (exact) mass is 386 g/mol. The van der Waals surface area contributed by atoms with Crippen molar-refractivity contribution in [2.24, 2.45) is 10.8 Å². The van der Waals surface area contributed by atoms with Gasteiger partial charge in [-0.3, -0.25) is 14.4 Å². The molecule has 1 fully saturated rings. The molecule has 0 aromatic carbocycles. The van der Waals surface area contributed by atoms with Crippen LogP contribution in [0.25, 0.3) is 0 Å². The highest BCUT2D eigenvalue weighted by Crippen LogP contribution is 2.36. The molecule has 154 valence electrons. The summed E-state index contributed by atoms with van der Waals surface area (Å²) in [4.78, 5) is 52.9. The molecular formula is C18H30N2O7. The summed E-state index contributed by atoms with van der Waals surface area (Å²) in [5, 5.41) is 3.45. The molecule has 2 amide bonds. The maximum absolute atomic E-state index is 12.4. The molecule has 1 rings (SSSR count). The van der Waals surface area contributed by atoms with Crippen LogP contribution in [0.1, 0.15) is 47.0 Å². The number of rotatable bonds is 11. The molecule has 0 bridgehead atoms. The van der Waals surface area contributed by atoms with Gasteiger partial charge in [0.25, 0.3) is 11.8 Å². The molecule has 1 saturated heterocycles. The van der Waals surface area contributed by atoms with Crippen molar-refractivity contribution in [3.05, 3.63) is 0 Å². The fourth-order valence-corrected chi connectivity index (χ4v) is 2.78. The number of amides is 2. The van der Waals surface area contributed by atoms with Crippen LogP contribution in [-0.2, 0) is 33.5 Å². The van der Waals surface area contributed by atoms with Crippen molar-refractivity contribution in [3.8, 4) is 0 Å². The van der Waals surface area contributed by atoms with Gasteiger partial charge in [0.1, 0.15) is 6.61 Å². The lowest BCUT2D eigenvalue weighted by atomic mass is 9.75. The van der Waals surface area contributed by atoms with Crippen LogP contribution in [0.15, 0.2) is 0 Å². The SMILES string of the molecule is CNCCOCCOC(=O)C(C)(C)CC(C)(C)C(=O)ON1C(=O)CCC1=O. The summed E-state index contributed by atoms with van der Waals surface area (Å²) in [5.74, 6) is -2.29. The van der Waals surface area contributed by atoms with Crippen molar-refractivity contribution in [2.75, 3.05) is 33.4 Å². The number of likely N-dealkylation sites (N-methyl/N-ethyl adjacent to an activating group) is 1. The molecular weight excluding hydrogens is 356 g/mol. The quantitative estimate of drug-likeness (QED) is 0.316. The summed E-state index contributed by atoms with van der Waals surface area (Å²) in [6, 6.07) is 0. The second kappa shape index (κ2) is 9.80. The first-order chi connectivity index (χ1) is 12.5. The maximum Gasteiger partial charge on any atom is 0.338 e. The second-order valence-electron chi connectivity index (χ2n) is 7.76. The van der Waals surface area contributed by atoms with Gasteiger partial charge in [-0.25, -0.2) is 4.79 Å². The zero-order valence-electron chi connectivity index (χ0n) is 16.8. The second-order valence-corrected chi connectivity index (χ2v) is 7.76. The van der Waals surface area contributed by atoms with E-state index in [0.29, 0.717) is 18.2 Å². The molecule has 1 aliphatic heterocycles. The molecule has 1 aliphatic rings. The topological polar surface area (TPSA) is 111 Å². The average Bonchev–Trinajstić information content (AvgIpc) is 2.88. The van der Waals surface area contributed by atoms with Gasteiger partial charge in [0.15, 0.2) is 0 Å². The number of hydroxylamine groups is 2. The van der Waals surface area contributed by atoms with E-state index in [1.54, 1.807) is 27.7 Å². The predicted octanol–water partition coefficient (Wildman–Crippen LogP) is 0.815. The fraction of sp³-hybridized carbons (Fsp3) is 0.778. The Balaban J connectivity index is 2.53. The Morgan fingerprint density at radius 3 is 2.07 bits per heavy atom. The zero-order chi connectivity index (χ0) is 20.7. The number of ether oxygens (including phenoxy) is 2. The van der Waals surface area contributed by atoms with E-state index >= 15 is 0 Å². The van der Waals surface area contributed by atoms with Gasteiger partial charge in [0.05, 0.1) is 24.0 Å². The number of hydrogen-bond acceptors (Lipinski definition) is 8. The summed E-state index contributed by atoms with van der Waals surface area (Å²) in [6.45, 7) is 8.15. The van der Waals surface area contributed by atoms with Crippen molar-refractivity contribution in [1.29, 1.82) is 0 Å². The molecule has 1 N–H and O–H groups in total. The first kappa shape index (κ1) is 23.0. The third kappa shape index (κ3) is 6.91. The van der Waals surface area contributed by atoms with E-state index in [1.807, 2.05) is 7.05 Å². The minimum absolute atomic E-state index is 0.0285. The highest BCUT2D eigenvalue weighted by atomic mass is 16.7. The average molecular weight is 386 g/mol. The van der Waals surface area contributed by atoms with Gasteiger partial charge >= 0.3 is 11.9 Å². The Morgan fingerprint density at radius 2 is 1.52 bits per heavy atom. The highest BCUT2D eigenvalue weighted by molar-refractivity contribution is 6.01. The van der Waals surface area contributed by atoms with Crippen LogP contribution in [0.5, 0.6) is 0 Å². The number of esters is 1. The van der Waals surface area contributed by atoms with Gasteiger partial charge in [-0.1, -0.05) is 0 Å². The summed E-state index contributed by atoms with van der Waals surface area (Å²) in [7, 11) is 1.81. The number of hydrogen-bond donors (Lipinski definition) is 1. The number of imide groups is 1. The first-order valence-electron chi connectivity index (χ1n) is 8.99. The van der Waals surface area contributed by atoms with Gasteiger partial charge in [0.2, 0.25) is 0 Å². The van der Waals surface area contributed by atoms with E-state index in [4.69, 9.17) is 14.3 Å². The zero-order valence-corrected chi connectivity index (χ0v) is 16.8. The van der Waals surface area contributed by atoms with E-state index in [0.717, 1.165) is 0 Å². The summed E-state index contributed by atoms with van der Waals surface area (Å²) >= 11 is 0. The Kier molecular flexibility index (Phi) is 8.36. The normalized spacial score (nSPS) is 15.2. The van der Waals surface area contributed by atoms with Crippen LogP contribution < -0.4 is 5.32 Å². The molecule has 0 atom stereocenters. The fourth-order valence-electron chi connectivity index (χ4n) is 2.78. The number of carbonyl (C=O) groups excluding carboxylic acids is 4. The van der Waals surface area contributed by atoms with E-state index in [-0.39, 0.29) is 32.5 Å². The Morgan fingerprint density at radius 1 is 0.963 bits per heavy atom. The van der Waals surface area contributed by atoms with Crippen molar-refractivity contribution in [3.63, 3.8) is 0 Å². The molecule has 9 heteroatoms. The first-order valence-corrected chi connectivity index (χ1v) is 8.99. The maximum atomic E-state index is 12.4. The van der Waals surface area contributed by atoms with Crippen LogP contribution in [0.4, 0.5) is 0 Å². The molecule has 0 radical (unpaired) electrons.